The first-order valence-electron chi connectivity index (χ1n) is 10.8. The molecular formula is C26H22N2O3. The molecule has 1 N–H and O–H groups in total. The van der Waals surface area contributed by atoms with Gasteiger partial charge >= 0.3 is 0 Å². The Bertz CT molecular complexity index is 1170. The average Bonchev–Trinajstić information content (AvgIpc) is 3.56. The molecule has 0 bridgehead atoms. The highest BCUT2D eigenvalue weighted by Crippen LogP contribution is 2.44. The minimum absolute atomic E-state index is 0.110. The minimum atomic E-state index is -0.460. The van der Waals surface area contributed by atoms with Crippen LogP contribution in [0.25, 0.3) is 0 Å². The molecule has 154 valence electrons. The van der Waals surface area contributed by atoms with Gasteiger partial charge in [0.1, 0.15) is 11.5 Å². The van der Waals surface area contributed by atoms with Gasteiger partial charge in [0.25, 0.3) is 0 Å². The molecule has 1 aliphatic carbocycles. The Kier molecular flexibility index (Phi) is 4.10. The second-order valence-corrected chi connectivity index (χ2v) is 8.46. The molecule has 1 fully saturated rings. The van der Waals surface area contributed by atoms with E-state index in [4.69, 9.17) is 4.74 Å². The van der Waals surface area contributed by atoms with E-state index in [-0.39, 0.29) is 17.7 Å². The van der Waals surface area contributed by atoms with Crippen LogP contribution < -0.4 is 15.0 Å². The third kappa shape index (κ3) is 3.08. The normalized spacial score (nSPS) is 16.7. The molecule has 0 unspecified atom stereocenters. The number of nitrogens with zero attached hydrogens (tertiary/aromatic N) is 1. The largest absolute Gasteiger partial charge is 0.457 e. The number of anilines is 2. The fraction of sp³-hybridized carbons (Fsp3) is 0.231. The van der Waals surface area contributed by atoms with Crippen molar-refractivity contribution in [2.24, 2.45) is 5.92 Å². The first-order chi connectivity index (χ1) is 15.2. The molecule has 0 radical (unpaired) electrons. The molecule has 31 heavy (non-hydrogen) atoms. The van der Waals surface area contributed by atoms with Gasteiger partial charge in [0.2, 0.25) is 11.8 Å². The van der Waals surface area contributed by atoms with Crippen LogP contribution >= 0.6 is 0 Å². The quantitative estimate of drug-likeness (QED) is 0.671. The molecule has 3 aromatic carbocycles. The molecule has 0 saturated heterocycles. The SMILES string of the molecule is O=C(Nc1ccc2c(c1)N(C(=O)C1CC1)CC2)C1c2ccccc2Oc2ccccc21. The molecule has 0 spiro atoms. The highest BCUT2D eigenvalue weighted by Gasteiger charge is 2.37. The van der Waals surface area contributed by atoms with E-state index >= 15 is 0 Å². The van der Waals surface area contributed by atoms with Gasteiger partial charge < -0.3 is 15.0 Å². The summed E-state index contributed by atoms with van der Waals surface area (Å²) >= 11 is 0. The smallest absolute Gasteiger partial charge is 0.236 e. The van der Waals surface area contributed by atoms with Crippen LogP contribution in [0.15, 0.2) is 66.7 Å². The zero-order valence-electron chi connectivity index (χ0n) is 17.0. The number of nitrogens with one attached hydrogen (secondary N) is 1. The van der Waals surface area contributed by atoms with E-state index in [1.165, 1.54) is 0 Å². The molecule has 1 saturated carbocycles. The van der Waals surface area contributed by atoms with Gasteiger partial charge in [-0.15, -0.1) is 0 Å². The third-order valence-corrected chi connectivity index (χ3v) is 6.38. The third-order valence-electron chi connectivity index (χ3n) is 6.38. The van der Waals surface area contributed by atoms with Crippen molar-refractivity contribution in [1.29, 1.82) is 0 Å². The first-order valence-corrected chi connectivity index (χ1v) is 10.8. The van der Waals surface area contributed by atoms with Crippen molar-refractivity contribution >= 4 is 23.2 Å². The predicted octanol–water partition coefficient (Wildman–Crippen LogP) is 4.86. The first kappa shape index (κ1) is 18.2. The summed E-state index contributed by atoms with van der Waals surface area (Å²) in [6, 6.07) is 21.2. The van der Waals surface area contributed by atoms with E-state index in [0.717, 1.165) is 48.2 Å². The number of benzene rings is 3. The second-order valence-electron chi connectivity index (χ2n) is 8.46. The van der Waals surface area contributed by atoms with Crippen molar-refractivity contribution in [1.82, 2.24) is 0 Å². The van der Waals surface area contributed by atoms with E-state index in [1.54, 1.807) is 0 Å². The topological polar surface area (TPSA) is 58.6 Å². The van der Waals surface area contributed by atoms with E-state index in [0.29, 0.717) is 17.2 Å². The maximum absolute atomic E-state index is 13.5. The van der Waals surface area contributed by atoms with Crippen molar-refractivity contribution in [2.45, 2.75) is 25.2 Å². The number of carbonyl (C=O) groups is 2. The lowest BCUT2D eigenvalue weighted by Gasteiger charge is -2.27. The van der Waals surface area contributed by atoms with Gasteiger partial charge in [0, 0.05) is 35.0 Å². The monoisotopic (exact) mass is 410 g/mol. The zero-order valence-corrected chi connectivity index (χ0v) is 17.0. The second kappa shape index (κ2) is 6.98. The molecule has 5 heteroatoms. The molecule has 2 heterocycles. The molecule has 3 aromatic rings. The predicted molar refractivity (Wildman–Crippen MR) is 119 cm³/mol. The fourth-order valence-electron chi connectivity index (χ4n) is 4.64. The maximum atomic E-state index is 13.5. The molecule has 0 atom stereocenters. The number of hydrogen-bond donors (Lipinski definition) is 1. The lowest BCUT2D eigenvalue weighted by atomic mass is 9.87. The lowest BCUT2D eigenvalue weighted by Crippen LogP contribution is -2.30. The number of para-hydroxylation sites is 2. The Labute approximate surface area is 180 Å². The Hall–Kier alpha value is -3.60. The van der Waals surface area contributed by atoms with Gasteiger partial charge in [-0.3, -0.25) is 9.59 Å². The number of hydrogen-bond acceptors (Lipinski definition) is 3. The summed E-state index contributed by atoms with van der Waals surface area (Å²) in [5, 5.41) is 3.10. The van der Waals surface area contributed by atoms with Crippen LogP contribution in [0.5, 0.6) is 11.5 Å². The summed E-state index contributed by atoms with van der Waals surface area (Å²) in [4.78, 5) is 28.0. The van der Waals surface area contributed by atoms with E-state index in [9.17, 15) is 9.59 Å². The van der Waals surface area contributed by atoms with Crippen molar-refractivity contribution < 1.29 is 14.3 Å². The number of carbonyl (C=O) groups excluding carboxylic acids is 2. The molecule has 2 amide bonds. The van der Waals surface area contributed by atoms with Gasteiger partial charge in [0.05, 0.1) is 5.92 Å². The molecule has 0 aromatic heterocycles. The Morgan fingerprint density at radius 1 is 0.903 bits per heavy atom. The Morgan fingerprint density at radius 3 is 2.26 bits per heavy atom. The van der Waals surface area contributed by atoms with Gasteiger partial charge in [-0.2, -0.15) is 0 Å². The Morgan fingerprint density at radius 2 is 1.58 bits per heavy atom. The van der Waals surface area contributed by atoms with Gasteiger partial charge in [-0.25, -0.2) is 0 Å². The summed E-state index contributed by atoms with van der Waals surface area (Å²) in [6.07, 6.45) is 2.84. The van der Waals surface area contributed by atoms with Crippen molar-refractivity contribution in [3.05, 3.63) is 83.4 Å². The van der Waals surface area contributed by atoms with Crippen molar-refractivity contribution in [3.8, 4) is 11.5 Å². The fourth-order valence-corrected chi connectivity index (χ4v) is 4.64. The maximum Gasteiger partial charge on any atom is 0.236 e. The lowest BCUT2D eigenvalue weighted by molar-refractivity contribution is -0.119. The van der Waals surface area contributed by atoms with Crippen molar-refractivity contribution in [3.63, 3.8) is 0 Å². The minimum Gasteiger partial charge on any atom is -0.457 e. The molecule has 5 nitrogen and oxygen atoms in total. The number of rotatable bonds is 3. The molecule has 3 aliphatic rings. The Balaban J connectivity index is 1.32. The molecule has 2 aliphatic heterocycles. The summed E-state index contributed by atoms with van der Waals surface area (Å²) < 4.78 is 6.01. The van der Waals surface area contributed by atoms with Crippen LogP contribution in [0.2, 0.25) is 0 Å². The highest BCUT2D eigenvalue weighted by atomic mass is 16.5. The van der Waals surface area contributed by atoms with E-state index in [1.807, 2.05) is 71.6 Å². The van der Waals surface area contributed by atoms with Crippen LogP contribution in [-0.2, 0) is 16.0 Å². The standard InChI is InChI=1S/C26H22N2O3/c29-25(24-19-5-1-3-7-22(19)31-23-8-4-2-6-20(23)24)27-18-12-11-16-13-14-28(21(16)15-18)26(30)17-9-10-17/h1-8,11-12,15,17,24H,9-10,13-14H2,(H,27,29). The number of amides is 2. The number of ether oxygens (including phenoxy) is 1. The van der Waals surface area contributed by atoms with Crippen LogP contribution in [0, 0.1) is 5.92 Å². The van der Waals surface area contributed by atoms with Gasteiger partial charge in [0.15, 0.2) is 0 Å². The molecular weight excluding hydrogens is 388 g/mol. The van der Waals surface area contributed by atoms with Gasteiger partial charge in [-0.05, 0) is 49.1 Å². The van der Waals surface area contributed by atoms with Crippen LogP contribution in [0.1, 0.15) is 35.4 Å². The van der Waals surface area contributed by atoms with Crippen LogP contribution in [-0.4, -0.2) is 18.4 Å². The summed E-state index contributed by atoms with van der Waals surface area (Å²) in [5.74, 6) is 1.24. The van der Waals surface area contributed by atoms with Gasteiger partial charge in [-0.1, -0.05) is 42.5 Å². The number of fused-ring (bicyclic) bond motifs is 3. The average molecular weight is 410 g/mol. The summed E-state index contributed by atoms with van der Waals surface area (Å²) in [7, 11) is 0. The summed E-state index contributed by atoms with van der Waals surface area (Å²) in [6.45, 7) is 0.725. The van der Waals surface area contributed by atoms with E-state index < -0.39 is 5.92 Å². The summed E-state index contributed by atoms with van der Waals surface area (Å²) in [5.41, 5.74) is 4.51. The zero-order chi connectivity index (χ0) is 20.9. The van der Waals surface area contributed by atoms with E-state index in [2.05, 4.69) is 5.32 Å². The van der Waals surface area contributed by atoms with Crippen molar-refractivity contribution in [2.75, 3.05) is 16.8 Å². The van der Waals surface area contributed by atoms with Crippen LogP contribution in [0.4, 0.5) is 11.4 Å². The van der Waals surface area contributed by atoms with Crippen LogP contribution in [0.3, 0.4) is 0 Å². The molecule has 6 rings (SSSR count). The highest BCUT2D eigenvalue weighted by molar-refractivity contribution is 6.02.